The van der Waals surface area contributed by atoms with E-state index >= 15 is 0 Å². The third-order valence-corrected chi connectivity index (χ3v) is 5.28. The summed E-state index contributed by atoms with van der Waals surface area (Å²) in [4.78, 5) is 28.8. The molecule has 27 heavy (non-hydrogen) atoms. The zero-order valence-corrected chi connectivity index (χ0v) is 16.3. The lowest BCUT2D eigenvalue weighted by Crippen LogP contribution is -2.49. The van der Waals surface area contributed by atoms with Gasteiger partial charge in [0.05, 0.1) is 0 Å². The maximum atomic E-state index is 12.5. The number of anilines is 2. The van der Waals surface area contributed by atoms with E-state index in [0.717, 1.165) is 24.3 Å². The van der Waals surface area contributed by atoms with Crippen LogP contribution in [-0.2, 0) is 9.59 Å². The number of carbonyl (C=O) groups is 2. The minimum Gasteiger partial charge on any atom is -0.368 e. The molecule has 3 rings (SSSR count). The fourth-order valence-corrected chi connectivity index (χ4v) is 3.43. The fourth-order valence-electron chi connectivity index (χ4n) is 3.43. The van der Waals surface area contributed by atoms with E-state index in [0.29, 0.717) is 13.1 Å². The summed E-state index contributed by atoms with van der Waals surface area (Å²) in [6, 6.07) is 13.9. The van der Waals surface area contributed by atoms with Gasteiger partial charge >= 0.3 is 0 Å². The van der Waals surface area contributed by atoms with E-state index in [4.69, 9.17) is 0 Å². The second-order valence-electron chi connectivity index (χ2n) is 7.13. The number of nitrogens with zero attached hydrogens (tertiary/aromatic N) is 2. The summed E-state index contributed by atoms with van der Waals surface area (Å²) >= 11 is 0. The number of piperazine rings is 1. The molecule has 0 aliphatic carbocycles. The van der Waals surface area contributed by atoms with Crippen molar-refractivity contribution in [1.82, 2.24) is 4.90 Å². The summed E-state index contributed by atoms with van der Waals surface area (Å²) in [5.41, 5.74) is 5.55. The van der Waals surface area contributed by atoms with Crippen LogP contribution in [0.2, 0.25) is 0 Å². The Morgan fingerprint density at radius 1 is 0.889 bits per heavy atom. The van der Waals surface area contributed by atoms with Crippen molar-refractivity contribution in [3.05, 3.63) is 59.2 Å². The van der Waals surface area contributed by atoms with Crippen LogP contribution in [0.3, 0.4) is 0 Å². The molecule has 142 valence electrons. The third-order valence-electron chi connectivity index (χ3n) is 5.28. The molecule has 0 spiro atoms. The van der Waals surface area contributed by atoms with Crippen LogP contribution in [-0.4, -0.2) is 42.9 Å². The van der Waals surface area contributed by atoms with Gasteiger partial charge in [-0.25, -0.2) is 0 Å². The summed E-state index contributed by atoms with van der Waals surface area (Å²) in [5.74, 6) is -0.368. The smallest absolute Gasteiger partial charge is 0.233 e. The lowest BCUT2D eigenvalue weighted by Gasteiger charge is -2.37. The Labute approximate surface area is 161 Å². The Balaban J connectivity index is 1.53. The van der Waals surface area contributed by atoms with Crippen LogP contribution >= 0.6 is 0 Å². The van der Waals surface area contributed by atoms with E-state index < -0.39 is 0 Å². The molecule has 2 aromatic rings. The largest absolute Gasteiger partial charge is 0.368 e. The lowest BCUT2D eigenvalue weighted by atomic mass is 10.1. The first-order chi connectivity index (χ1) is 13.0. The Bertz CT molecular complexity index is 839. The summed E-state index contributed by atoms with van der Waals surface area (Å²) in [7, 11) is 0. The van der Waals surface area contributed by atoms with Crippen LogP contribution in [0.1, 0.15) is 23.1 Å². The van der Waals surface area contributed by atoms with Gasteiger partial charge in [0.2, 0.25) is 11.8 Å². The first-order valence-corrected chi connectivity index (χ1v) is 9.40. The second kappa shape index (κ2) is 8.25. The normalized spacial score (nSPS) is 14.2. The van der Waals surface area contributed by atoms with Gasteiger partial charge < -0.3 is 15.1 Å². The van der Waals surface area contributed by atoms with Gasteiger partial charge in [-0.05, 0) is 49.6 Å². The molecule has 5 heteroatoms. The maximum absolute atomic E-state index is 12.5. The summed E-state index contributed by atoms with van der Waals surface area (Å²) in [6.07, 6.45) is -0.113. The van der Waals surface area contributed by atoms with Crippen LogP contribution in [0.15, 0.2) is 42.5 Å². The van der Waals surface area contributed by atoms with E-state index in [9.17, 15) is 9.59 Å². The van der Waals surface area contributed by atoms with E-state index in [1.165, 1.54) is 16.8 Å². The fraction of sp³-hybridized carbons (Fsp3) is 0.364. The van der Waals surface area contributed by atoms with Crippen molar-refractivity contribution >= 4 is 23.2 Å². The first-order valence-electron chi connectivity index (χ1n) is 9.40. The molecule has 1 heterocycles. The number of para-hydroxylation sites is 1. The van der Waals surface area contributed by atoms with Gasteiger partial charge in [0.25, 0.3) is 0 Å². The van der Waals surface area contributed by atoms with Crippen molar-refractivity contribution in [3.8, 4) is 0 Å². The van der Waals surface area contributed by atoms with Crippen molar-refractivity contribution in [2.24, 2.45) is 0 Å². The predicted octanol–water partition coefficient (Wildman–Crippen LogP) is 3.29. The standard InChI is InChI=1S/C22H27N3O2/c1-16-8-6-10-20(18(16)3)24-11-13-25(14-12-24)22(27)15-21(26)23-19-9-5-4-7-17(19)2/h4-10H,11-15H2,1-3H3,(H,23,26). The van der Waals surface area contributed by atoms with Crippen molar-refractivity contribution in [2.45, 2.75) is 27.2 Å². The molecule has 5 nitrogen and oxygen atoms in total. The van der Waals surface area contributed by atoms with Gasteiger partial charge in [0, 0.05) is 37.6 Å². The number of benzene rings is 2. The first kappa shape index (κ1) is 19.0. The van der Waals surface area contributed by atoms with E-state index in [2.05, 4.69) is 42.3 Å². The monoisotopic (exact) mass is 365 g/mol. The molecule has 2 amide bonds. The lowest BCUT2D eigenvalue weighted by molar-refractivity contribution is -0.134. The number of hydrogen-bond acceptors (Lipinski definition) is 3. The highest BCUT2D eigenvalue weighted by molar-refractivity contribution is 6.03. The van der Waals surface area contributed by atoms with Crippen molar-refractivity contribution in [2.75, 3.05) is 36.4 Å². The average Bonchev–Trinajstić information content (AvgIpc) is 2.66. The molecular weight excluding hydrogens is 338 g/mol. The highest BCUT2D eigenvalue weighted by Crippen LogP contribution is 2.24. The average molecular weight is 365 g/mol. The number of hydrogen-bond donors (Lipinski definition) is 1. The zero-order valence-electron chi connectivity index (χ0n) is 16.3. The second-order valence-corrected chi connectivity index (χ2v) is 7.13. The predicted molar refractivity (Wildman–Crippen MR) is 109 cm³/mol. The Kier molecular flexibility index (Phi) is 5.79. The molecule has 1 N–H and O–H groups in total. The van der Waals surface area contributed by atoms with E-state index in [1.807, 2.05) is 31.2 Å². The molecule has 1 saturated heterocycles. The number of rotatable bonds is 4. The Morgan fingerprint density at radius 2 is 1.56 bits per heavy atom. The van der Waals surface area contributed by atoms with Gasteiger partial charge in [-0.3, -0.25) is 9.59 Å². The van der Waals surface area contributed by atoms with Crippen LogP contribution in [0.25, 0.3) is 0 Å². The molecule has 0 aromatic heterocycles. The van der Waals surface area contributed by atoms with Crippen molar-refractivity contribution < 1.29 is 9.59 Å². The number of amides is 2. The molecule has 2 aromatic carbocycles. The molecule has 1 aliphatic rings. The van der Waals surface area contributed by atoms with Crippen LogP contribution < -0.4 is 10.2 Å². The highest BCUT2D eigenvalue weighted by atomic mass is 16.2. The number of aryl methyl sites for hydroxylation is 2. The molecule has 1 aliphatic heterocycles. The Hall–Kier alpha value is -2.82. The minimum absolute atomic E-state index is 0.110. The number of carbonyl (C=O) groups excluding carboxylic acids is 2. The third kappa shape index (κ3) is 4.48. The van der Waals surface area contributed by atoms with E-state index in [-0.39, 0.29) is 18.2 Å². The summed E-state index contributed by atoms with van der Waals surface area (Å²) in [6.45, 7) is 9.05. The molecule has 0 unspecified atom stereocenters. The molecule has 0 bridgehead atoms. The van der Waals surface area contributed by atoms with Gasteiger partial charge in [0.1, 0.15) is 6.42 Å². The Morgan fingerprint density at radius 3 is 2.26 bits per heavy atom. The minimum atomic E-state index is -0.258. The SMILES string of the molecule is Cc1ccccc1NC(=O)CC(=O)N1CCN(c2cccc(C)c2C)CC1. The molecule has 0 radical (unpaired) electrons. The molecule has 1 fully saturated rings. The molecular formula is C22H27N3O2. The van der Waals surface area contributed by atoms with Crippen LogP contribution in [0, 0.1) is 20.8 Å². The quantitative estimate of drug-likeness (QED) is 0.846. The molecule has 0 saturated carbocycles. The van der Waals surface area contributed by atoms with Gasteiger partial charge in [0.15, 0.2) is 0 Å². The number of nitrogens with one attached hydrogen (secondary N) is 1. The van der Waals surface area contributed by atoms with Gasteiger partial charge in [-0.15, -0.1) is 0 Å². The van der Waals surface area contributed by atoms with E-state index in [1.54, 1.807) is 4.90 Å². The molecule has 0 atom stereocenters. The van der Waals surface area contributed by atoms with Gasteiger partial charge in [-0.1, -0.05) is 30.3 Å². The van der Waals surface area contributed by atoms with Gasteiger partial charge in [-0.2, -0.15) is 0 Å². The highest BCUT2D eigenvalue weighted by Gasteiger charge is 2.23. The van der Waals surface area contributed by atoms with Crippen LogP contribution in [0.4, 0.5) is 11.4 Å². The van der Waals surface area contributed by atoms with Crippen LogP contribution in [0.5, 0.6) is 0 Å². The summed E-state index contributed by atoms with van der Waals surface area (Å²) < 4.78 is 0. The van der Waals surface area contributed by atoms with Crippen molar-refractivity contribution in [1.29, 1.82) is 0 Å². The zero-order chi connectivity index (χ0) is 19.4. The summed E-state index contributed by atoms with van der Waals surface area (Å²) in [5, 5.41) is 2.83. The van der Waals surface area contributed by atoms with Crippen molar-refractivity contribution in [3.63, 3.8) is 0 Å². The maximum Gasteiger partial charge on any atom is 0.233 e. The topological polar surface area (TPSA) is 52.7 Å².